The molecule has 1 fully saturated rings. The maximum atomic E-state index is 11.9. The van der Waals surface area contributed by atoms with E-state index >= 15 is 0 Å². The Bertz CT molecular complexity index is 565. The third kappa shape index (κ3) is 4.58. The predicted molar refractivity (Wildman–Crippen MR) is 80.8 cm³/mol. The molecular formula is C16H20N2O4. The fourth-order valence-electron chi connectivity index (χ4n) is 2.58. The molecule has 1 aromatic rings. The molecule has 3 N–H and O–H groups in total. The molecule has 0 heterocycles. The zero-order chi connectivity index (χ0) is 15.9. The van der Waals surface area contributed by atoms with Crippen LogP contribution in [0.1, 0.15) is 52.8 Å². The van der Waals surface area contributed by atoms with Gasteiger partial charge in [-0.05, 0) is 31.0 Å². The van der Waals surface area contributed by atoms with Crippen molar-refractivity contribution >= 4 is 17.8 Å². The maximum Gasteiger partial charge on any atom is 0.335 e. The van der Waals surface area contributed by atoms with Gasteiger partial charge in [0.05, 0.1) is 12.1 Å². The van der Waals surface area contributed by atoms with Gasteiger partial charge in [0.25, 0.3) is 5.91 Å². The number of amides is 2. The van der Waals surface area contributed by atoms with Crippen molar-refractivity contribution in [3.8, 4) is 0 Å². The van der Waals surface area contributed by atoms with E-state index in [0.29, 0.717) is 0 Å². The molecule has 1 aliphatic rings. The van der Waals surface area contributed by atoms with Gasteiger partial charge in [0.1, 0.15) is 0 Å². The highest BCUT2D eigenvalue weighted by atomic mass is 16.4. The average Bonchev–Trinajstić information content (AvgIpc) is 2.53. The molecule has 2 amide bonds. The number of carbonyl (C=O) groups is 3. The van der Waals surface area contributed by atoms with Gasteiger partial charge >= 0.3 is 5.97 Å². The summed E-state index contributed by atoms with van der Waals surface area (Å²) in [4.78, 5) is 34.6. The summed E-state index contributed by atoms with van der Waals surface area (Å²) in [6.07, 6.45) is 5.43. The molecule has 6 heteroatoms. The van der Waals surface area contributed by atoms with E-state index in [9.17, 15) is 14.4 Å². The maximum absolute atomic E-state index is 11.9. The van der Waals surface area contributed by atoms with Crippen molar-refractivity contribution in [1.29, 1.82) is 0 Å². The van der Waals surface area contributed by atoms with Crippen LogP contribution in [0.15, 0.2) is 24.3 Å². The molecule has 0 saturated heterocycles. The van der Waals surface area contributed by atoms with E-state index in [4.69, 9.17) is 5.11 Å². The van der Waals surface area contributed by atoms with Gasteiger partial charge in [-0.1, -0.05) is 25.3 Å². The van der Waals surface area contributed by atoms with E-state index in [1.54, 1.807) is 0 Å². The van der Waals surface area contributed by atoms with Gasteiger partial charge in [-0.3, -0.25) is 9.59 Å². The summed E-state index contributed by atoms with van der Waals surface area (Å²) < 4.78 is 0. The molecule has 0 spiro atoms. The first-order valence-electron chi connectivity index (χ1n) is 7.47. The summed E-state index contributed by atoms with van der Waals surface area (Å²) in [6.45, 7) is -0.105. The summed E-state index contributed by atoms with van der Waals surface area (Å²) in [5, 5.41) is 14.3. The fourth-order valence-corrected chi connectivity index (χ4v) is 2.58. The number of benzene rings is 1. The number of aromatic carboxylic acids is 1. The minimum Gasteiger partial charge on any atom is -0.478 e. The second kappa shape index (κ2) is 7.59. The minimum absolute atomic E-state index is 0.0410. The highest BCUT2D eigenvalue weighted by Gasteiger charge is 2.16. The summed E-state index contributed by atoms with van der Waals surface area (Å²) in [6, 6.07) is 5.92. The lowest BCUT2D eigenvalue weighted by Gasteiger charge is -2.22. The third-order valence-electron chi connectivity index (χ3n) is 3.75. The standard InChI is InChI=1S/C16H20N2O4/c19-14(18-13-7-2-1-3-8-13)10-17-15(20)11-5-4-6-12(9-11)16(21)22/h4-6,9,13H,1-3,7-8,10H2,(H,17,20)(H,18,19)(H,21,22). The van der Waals surface area contributed by atoms with Crippen LogP contribution >= 0.6 is 0 Å². The van der Waals surface area contributed by atoms with Crippen molar-refractivity contribution in [2.45, 2.75) is 38.1 Å². The van der Waals surface area contributed by atoms with Gasteiger partial charge in [-0.2, -0.15) is 0 Å². The van der Waals surface area contributed by atoms with Gasteiger partial charge in [0.15, 0.2) is 0 Å². The topological polar surface area (TPSA) is 95.5 Å². The first-order chi connectivity index (χ1) is 10.6. The summed E-state index contributed by atoms with van der Waals surface area (Å²) in [5.41, 5.74) is 0.268. The number of nitrogens with one attached hydrogen (secondary N) is 2. The van der Waals surface area contributed by atoms with E-state index in [0.717, 1.165) is 25.7 Å². The molecule has 0 atom stereocenters. The lowest BCUT2D eigenvalue weighted by Crippen LogP contribution is -2.42. The Labute approximate surface area is 128 Å². The van der Waals surface area contributed by atoms with Crippen molar-refractivity contribution in [2.24, 2.45) is 0 Å². The van der Waals surface area contributed by atoms with Crippen molar-refractivity contribution < 1.29 is 19.5 Å². The second-order valence-corrected chi connectivity index (χ2v) is 5.47. The van der Waals surface area contributed by atoms with E-state index in [-0.39, 0.29) is 29.6 Å². The predicted octanol–water partition coefficient (Wildman–Crippen LogP) is 1.56. The number of carboxylic acids is 1. The first-order valence-corrected chi connectivity index (χ1v) is 7.47. The molecular weight excluding hydrogens is 284 g/mol. The van der Waals surface area contributed by atoms with Crippen LogP contribution < -0.4 is 10.6 Å². The molecule has 0 aromatic heterocycles. The van der Waals surface area contributed by atoms with Gasteiger partial charge in [0.2, 0.25) is 5.91 Å². The number of rotatable bonds is 5. The molecule has 0 bridgehead atoms. The number of carboxylic acid groups (broad SMARTS) is 1. The van der Waals surface area contributed by atoms with Crippen molar-refractivity contribution in [1.82, 2.24) is 10.6 Å². The van der Waals surface area contributed by atoms with Crippen LogP contribution in [0.3, 0.4) is 0 Å². The molecule has 118 valence electrons. The molecule has 0 aliphatic heterocycles. The lowest BCUT2D eigenvalue weighted by atomic mass is 9.95. The van der Waals surface area contributed by atoms with Crippen LogP contribution in [0, 0.1) is 0 Å². The SMILES string of the molecule is O=C(CNC(=O)c1cccc(C(=O)O)c1)NC1CCCCC1. The Hall–Kier alpha value is -2.37. The lowest BCUT2D eigenvalue weighted by molar-refractivity contribution is -0.121. The van der Waals surface area contributed by atoms with Crippen LogP contribution in [0.4, 0.5) is 0 Å². The van der Waals surface area contributed by atoms with Crippen molar-refractivity contribution in [3.63, 3.8) is 0 Å². The van der Waals surface area contributed by atoms with E-state index in [1.807, 2.05) is 0 Å². The summed E-state index contributed by atoms with van der Waals surface area (Å²) in [7, 11) is 0. The zero-order valence-corrected chi connectivity index (χ0v) is 12.3. The smallest absolute Gasteiger partial charge is 0.335 e. The fraction of sp³-hybridized carbons (Fsp3) is 0.438. The van der Waals surface area contributed by atoms with E-state index < -0.39 is 11.9 Å². The zero-order valence-electron chi connectivity index (χ0n) is 12.3. The average molecular weight is 304 g/mol. The van der Waals surface area contributed by atoms with Crippen LogP contribution in [0.2, 0.25) is 0 Å². The number of hydrogen-bond donors (Lipinski definition) is 3. The molecule has 6 nitrogen and oxygen atoms in total. The Morgan fingerprint density at radius 2 is 1.77 bits per heavy atom. The normalized spacial score (nSPS) is 15.1. The molecule has 1 aliphatic carbocycles. The molecule has 22 heavy (non-hydrogen) atoms. The second-order valence-electron chi connectivity index (χ2n) is 5.47. The van der Waals surface area contributed by atoms with Crippen LogP contribution in [-0.2, 0) is 4.79 Å². The summed E-state index contributed by atoms with van der Waals surface area (Å²) >= 11 is 0. The van der Waals surface area contributed by atoms with Crippen molar-refractivity contribution in [3.05, 3.63) is 35.4 Å². The Kier molecular flexibility index (Phi) is 5.52. The summed E-state index contributed by atoms with van der Waals surface area (Å²) in [5.74, 6) is -1.76. The minimum atomic E-state index is -1.09. The van der Waals surface area contributed by atoms with Crippen LogP contribution in [0.25, 0.3) is 0 Å². The molecule has 1 aromatic carbocycles. The number of hydrogen-bond acceptors (Lipinski definition) is 3. The van der Waals surface area contributed by atoms with Gasteiger partial charge in [0, 0.05) is 11.6 Å². The van der Waals surface area contributed by atoms with E-state index in [1.165, 1.54) is 30.7 Å². The Morgan fingerprint density at radius 1 is 1.09 bits per heavy atom. The highest BCUT2D eigenvalue weighted by Crippen LogP contribution is 2.17. The molecule has 1 saturated carbocycles. The first kappa shape index (κ1) is 16.0. The van der Waals surface area contributed by atoms with Gasteiger partial charge in [-0.25, -0.2) is 4.79 Å². The van der Waals surface area contributed by atoms with Gasteiger partial charge < -0.3 is 15.7 Å². The molecule has 2 rings (SSSR count). The largest absolute Gasteiger partial charge is 0.478 e. The molecule has 0 unspecified atom stereocenters. The van der Waals surface area contributed by atoms with Crippen LogP contribution in [0.5, 0.6) is 0 Å². The van der Waals surface area contributed by atoms with Crippen LogP contribution in [-0.4, -0.2) is 35.5 Å². The Morgan fingerprint density at radius 3 is 2.45 bits per heavy atom. The van der Waals surface area contributed by atoms with Gasteiger partial charge in [-0.15, -0.1) is 0 Å². The third-order valence-corrected chi connectivity index (χ3v) is 3.75. The Balaban J connectivity index is 1.82. The highest BCUT2D eigenvalue weighted by molar-refractivity contribution is 5.98. The molecule has 0 radical (unpaired) electrons. The van der Waals surface area contributed by atoms with E-state index in [2.05, 4.69) is 10.6 Å². The van der Waals surface area contributed by atoms with Crippen molar-refractivity contribution in [2.75, 3.05) is 6.54 Å². The number of carbonyl (C=O) groups excluding carboxylic acids is 2. The quantitative estimate of drug-likeness (QED) is 0.769. The monoisotopic (exact) mass is 304 g/mol.